The Hall–Kier alpha value is -1.81. The van der Waals surface area contributed by atoms with E-state index in [9.17, 15) is 0 Å². The molecule has 0 fully saturated rings. The summed E-state index contributed by atoms with van der Waals surface area (Å²) in [4.78, 5) is 3.66. The molecule has 0 N–H and O–H groups in total. The third-order valence-corrected chi connectivity index (χ3v) is 1.15. The monoisotopic (exact) mass is 139 g/mol. The zero-order chi connectivity index (χ0) is 8.27. The predicted molar refractivity (Wildman–Crippen MR) is 39.1 cm³/mol. The maximum atomic E-state index is 8.44. The van der Waals surface area contributed by atoms with Crippen LogP contribution < -0.4 is 5.46 Å². The number of aromatic nitrogens is 1. The molecule has 1 aromatic heterocycles. The van der Waals surface area contributed by atoms with Crippen molar-refractivity contribution in [3.8, 4) is 12.1 Å². The second-order valence-electron chi connectivity index (χ2n) is 1.86. The highest BCUT2D eigenvalue weighted by molar-refractivity contribution is 6.33. The molecule has 0 aliphatic carbocycles. The van der Waals surface area contributed by atoms with Gasteiger partial charge in [-0.3, -0.25) is 0 Å². The zero-order valence-electron chi connectivity index (χ0n) is 5.57. The molecule has 0 saturated heterocycles. The molecule has 0 aromatic carbocycles. The molecule has 0 unspecified atom stereocenters. The summed E-state index contributed by atoms with van der Waals surface area (Å²) >= 11 is 0. The van der Waals surface area contributed by atoms with E-state index in [2.05, 4.69) is 4.98 Å². The Morgan fingerprint density at radius 1 is 1.27 bits per heavy atom. The Morgan fingerprint density at radius 3 is 2.55 bits per heavy atom. The van der Waals surface area contributed by atoms with Crippen LogP contribution in [0.4, 0.5) is 0 Å². The first-order valence-corrected chi connectivity index (χ1v) is 2.84. The van der Waals surface area contributed by atoms with Crippen LogP contribution in [-0.4, -0.2) is 12.8 Å². The van der Waals surface area contributed by atoms with Crippen LogP contribution >= 0.6 is 0 Å². The van der Waals surface area contributed by atoms with Gasteiger partial charge < -0.3 is 0 Å². The summed E-state index contributed by atoms with van der Waals surface area (Å²) in [6.07, 6.45) is 0. The molecule has 11 heavy (non-hydrogen) atoms. The molecule has 1 aromatic rings. The SMILES string of the molecule is [B]c1ccc(C#N)nc1C#N. The lowest BCUT2D eigenvalue weighted by Gasteiger charge is -1.93. The number of pyridine rings is 1. The largest absolute Gasteiger partial charge is 0.227 e. The Bertz CT molecular complexity index is 359. The van der Waals surface area contributed by atoms with Gasteiger partial charge in [0.2, 0.25) is 0 Å². The van der Waals surface area contributed by atoms with E-state index in [4.69, 9.17) is 18.4 Å². The van der Waals surface area contributed by atoms with E-state index < -0.39 is 0 Å². The normalized spacial score (nSPS) is 8.18. The number of hydrogen-bond acceptors (Lipinski definition) is 3. The average molecular weight is 139 g/mol. The molecule has 0 spiro atoms. The van der Waals surface area contributed by atoms with Gasteiger partial charge in [-0.25, -0.2) is 4.98 Å². The lowest BCUT2D eigenvalue weighted by molar-refractivity contribution is 1.23. The predicted octanol–water partition coefficient (Wildman–Crippen LogP) is -0.381. The summed E-state index contributed by atoms with van der Waals surface area (Å²) in [6.45, 7) is 0. The smallest absolute Gasteiger partial charge is 0.141 e. The molecule has 0 bridgehead atoms. The fraction of sp³-hybridized carbons (Fsp3) is 0. The first-order chi connectivity index (χ1) is 5.27. The molecule has 48 valence electrons. The van der Waals surface area contributed by atoms with Crippen molar-refractivity contribution >= 4 is 13.3 Å². The van der Waals surface area contributed by atoms with Crippen molar-refractivity contribution < 1.29 is 0 Å². The minimum absolute atomic E-state index is 0.101. The highest BCUT2D eigenvalue weighted by Crippen LogP contribution is 1.92. The fourth-order valence-corrected chi connectivity index (χ4v) is 0.622. The Morgan fingerprint density at radius 2 is 2.00 bits per heavy atom. The Labute approximate surface area is 65.3 Å². The number of rotatable bonds is 0. The van der Waals surface area contributed by atoms with Gasteiger partial charge in [-0.2, -0.15) is 10.5 Å². The number of nitrogens with zero attached hydrogens (tertiary/aromatic N) is 3. The molecule has 4 heteroatoms. The van der Waals surface area contributed by atoms with E-state index in [1.807, 2.05) is 6.07 Å². The van der Waals surface area contributed by atoms with Gasteiger partial charge in [0.05, 0.1) is 0 Å². The average Bonchev–Trinajstić information content (AvgIpc) is 2.05. The molecule has 1 heterocycles. The summed E-state index contributed by atoms with van der Waals surface area (Å²) in [5, 5.41) is 16.8. The van der Waals surface area contributed by atoms with Crippen LogP contribution in [0.5, 0.6) is 0 Å². The minimum atomic E-state index is 0.101. The van der Waals surface area contributed by atoms with E-state index in [0.717, 1.165) is 0 Å². The molecular formula is C7H2BN3. The van der Waals surface area contributed by atoms with E-state index in [-0.39, 0.29) is 11.4 Å². The van der Waals surface area contributed by atoms with Gasteiger partial charge in [0, 0.05) is 0 Å². The third kappa shape index (κ3) is 1.36. The van der Waals surface area contributed by atoms with Crippen molar-refractivity contribution in [1.29, 1.82) is 10.5 Å². The van der Waals surface area contributed by atoms with Gasteiger partial charge in [-0.15, -0.1) is 0 Å². The van der Waals surface area contributed by atoms with Crippen LogP contribution in [0.25, 0.3) is 0 Å². The summed E-state index contributed by atoms with van der Waals surface area (Å²) in [7, 11) is 5.36. The van der Waals surface area contributed by atoms with Crippen LogP contribution in [0.1, 0.15) is 11.4 Å². The molecule has 0 saturated carbocycles. The van der Waals surface area contributed by atoms with Gasteiger partial charge >= 0.3 is 0 Å². The van der Waals surface area contributed by atoms with Gasteiger partial charge in [-0.1, -0.05) is 11.5 Å². The van der Waals surface area contributed by atoms with Gasteiger partial charge in [0.15, 0.2) is 0 Å². The van der Waals surface area contributed by atoms with Crippen molar-refractivity contribution in [3.05, 3.63) is 23.5 Å². The summed E-state index contributed by atoms with van der Waals surface area (Å²) < 4.78 is 0. The van der Waals surface area contributed by atoms with E-state index in [1.54, 1.807) is 6.07 Å². The lowest BCUT2D eigenvalue weighted by atomic mass is 9.94. The zero-order valence-corrected chi connectivity index (χ0v) is 5.57. The molecule has 0 aliphatic rings. The highest BCUT2D eigenvalue weighted by atomic mass is 14.7. The number of nitriles is 2. The van der Waals surface area contributed by atoms with Gasteiger partial charge in [-0.05, 0) is 6.07 Å². The summed E-state index contributed by atoms with van der Waals surface area (Å²) in [5.74, 6) is 0. The molecule has 3 nitrogen and oxygen atoms in total. The molecule has 0 aliphatic heterocycles. The van der Waals surface area contributed by atoms with Crippen molar-refractivity contribution in [2.75, 3.05) is 0 Å². The van der Waals surface area contributed by atoms with Gasteiger partial charge in [0.25, 0.3) is 0 Å². The summed E-state index contributed by atoms with van der Waals surface area (Å²) in [6, 6.07) is 6.55. The Kier molecular flexibility index (Phi) is 1.89. The molecular weight excluding hydrogens is 137 g/mol. The molecule has 0 atom stereocenters. The maximum absolute atomic E-state index is 8.44. The third-order valence-electron chi connectivity index (χ3n) is 1.15. The van der Waals surface area contributed by atoms with Crippen molar-refractivity contribution in [2.24, 2.45) is 0 Å². The summed E-state index contributed by atoms with van der Waals surface area (Å²) in [5.41, 5.74) is 0.603. The van der Waals surface area contributed by atoms with E-state index in [0.29, 0.717) is 5.46 Å². The quantitative estimate of drug-likeness (QED) is 0.460. The van der Waals surface area contributed by atoms with Crippen LogP contribution in [0.2, 0.25) is 0 Å². The second-order valence-corrected chi connectivity index (χ2v) is 1.86. The first kappa shape index (κ1) is 7.30. The van der Waals surface area contributed by atoms with Crippen molar-refractivity contribution in [2.45, 2.75) is 0 Å². The van der Waals surface area contributed by atoms with E-state index in [1.165, 1.54) is 12.1 Å². The number of hydrogen-bond donors (Lipinski definition) is 0. The van der Waals surface area contributed by atoms with Crippen LogP contribution in [0, 0.1) is 22.7 Å². The molecule has 2 radical (unpaired) electrons. The molecule has 1 rings (SSSR count). The standard InChI is InChI=1S/C7H2BN3/c8-6-2-1-5(3-9)11-7(6)4-10/h1-2H. The van der Waals surface area contributed by atoms with Crippen LogP contribution in [0.3, 0.4) is 0 Å². The fourth-order valence-electron chi connectivity index (χ4n) is 0.622. The first-order valence-electron chi connectivity index (χ1n) is 2.84. The lowest BCUT2D eigenvalue weighted by Crippen LogP contribution is -2.10. The Balaban J connectivity index is 3.29. The van der Waals surface area contributed by atoms with Crippen molar-refractivity contribution in [3.63, 3.8) is 0 Å². The van der Waals surface area contributed by atoms with Crippen molar-refractivity contribution in [1.82, 2.24) is 4.98 Å². The second kappa shape index (κ2) is 2.85. The van der Waals surface area contributed by atoms with Crippen LogP contribution in [0.15, 0.2) is 12.1 Å². The van der Waals surface area contributed by atoms with Gasteiger partial charge in [0.1, 0.15) is 31.4 Å². The van der Waals surface area contributed by atoms with Crippen LogP contribution in [-0.2, 0) is 0 Å². The highest BCUT2D eigenvalue weighted by Gasteiger charge is 1.98. The molecule has 0 amide bonds. The topological polar surface area (TPSA) is 60.5 Å². The van der Waals surface area contributed by atoms with E-state index >= 15 is 0 Å². The minimum Gasteiger partial charge on any atom is -0.227 e. The maximum Gasteiger partial charge on any atom is 0.141 e.